The smallest absolute Gasteiger partial charge is 0.0957 e. The Morgan fingerprint density at radius 3 is 3.25 bits per heavy atom. The number of aliphatic hydroxyl groups excluding tert-OH is 1. The van der Waals surface area contributed by atoms with E-state index in [0.29, 0.717) is 12.0 Å². The highest BCUT2D eigenvalue weighted by Gasteiger charge is 2.38. The third-order valence-corrected chi connectivity index (χ3v) is 7.23. The molecule has 2 saturated heterocycles. The zero-order valence-electron chi connectivity index (χ0n) is 13.8. The summed E-state index contributed by atoms with van der Waals surface area (Å²) in [7, 11) is 0. The molecular formula is C19H23N3OS. The first kappa shape index (κ1) is 14.7. The van der Waals surface area contributed by atoms with E-state index in [2.05, 4.69) is 32.5 Å². The number of hydrogen-bond acceptors (Lipinski definition) is 4. The number of allylic oxidation sites excluding steroid dienone is 1. The van der Waals surface area contributed by atoms with Crippen LogP contribution < -0.4 is 0 Å². The van der Waals surface area contributed by atoms with Crippen molar-refractivity contribution in [2.24, 2.45) is 5.92 Å². The van der Waals surface area contributed by atoms with Crippen LogP contribution in [0.3, 0.4) is 0 Å². The number of imidazole rings is 1. The number of aliphatic hydroxyl groups is 1. The lowest BCUT2D eigenvalue weighted by molar-refractivity contribution is 0.0404. The minimum absolute atomic E-state index is 0.241. The highest BCUT2D eigenvalue weighted by Crippen LogP contribution is 2.46. The molecule has 0 spiro atoms. The third-order valence-electron chi connectivity index (χ3n) is 6.21. The minimum atomic E-state index is -0.241. The second-order valence-corrected chi connectivity index (χ2v) is 8.39. The van der Waals surface area contributed by atoms with Gasteiger partial charge in [-0.3, -0.25) is 0 Å². The Balaban J connectivity index is 1.33. The molecule has 0 aliphatic carbocycles. The van der Waals surface area contributed by atoms with Crippen LogP contribution in [0.25, 0.3) is 11.3 Å². The second kappa shape index (κ2) is 5.46. The lowest BCUT2D eigenvalue weighted by Gasteiger charge is -2.39. The molecule has 3 aliphatic heterocycles. The summed E-state index contributed by atoms with van der Waals surface area (Å²) < 4.78 is 2.25. The number of fused-ring (bicyclic) bond motifs is 4. The number of hydrogen-bond donors (Lipinski definition) is 1. The predicted molar refractivity (Wildman–Crippen MR) is 95.9 cm³/mol. The SMILES string of the molecule is C=C1CC[C@@H]2C[C@@H]([C@H](O)C[C@H]3c4sccc4-c4cncn43)CCN12. The Hall–Kier alpha value is -1.59. The molecule has 5 heterocycles. The van der Waals surface area contributed by atoms with E-state index in [1.807, 2.05) is 12.5 Å². The Bertz CT molecular complexity index is 739. The monoisotopic (exact) mass is 341 g/mol. The Labute approximate surface area is 146 Å². The first-order valence-corrected chi connectivity index (χ1v) is 9.82. The van der Waals surface area contributed by atoms with Gasteiger partial charge in [0.1, 0.15) is 0 Å². The van der Waals surface area contributed by atoms with Crippen molar-refractivity contribution in [1.29, 1.82) is 0 Å². The summed E-state index contributed by atoms with van der Waals surface area (Å²) in [5.41, 5.74) is 3.80. The van der Waals surface area contributed by atoms with Gasteiger partial charge >= 0.3 is 0 Å². The molecule has 0 bridgehead atoms. The molecule has 1 N–H and O–H groups in total. The largest absolute Gasteiger partial charge is 0.393 e. The van der Waals surface area contributed by atoms with Crippen molar-refractivity contribution in [2.75, 3.05) is 6.54 Å². The van der Waals surface area contributed by atoms with Crippen LogP contribution in [0.2, 0.25) is 0 Å². The van der Waals surface area contributed by atoms with E-state index in [4.69, 9.17) is 0 Å². The molecule has 4 nitrogen and oxygen atoms in total. The Kier molecular flexibility index (Phi) is 3.35. The van der Waals surface area contributed by atoms with E-state index in [9.17, 15) is 5.11 Å². The summed E-state index contributed by atoms with van der Waals surface area (Å²) in [4.78, 5) is 8.18. The molecule has 2 aromatic heterocycles. The zero-order chi connectivity index (χ0) is 16.3. The van der Waals surface area contributed by atoms with Crippen LogP contribution in [0, 0.1) is 5.92 Å². The fourth-order valence-corrected chi connectivity index (χ4v) is 5.94. The second-order valence-electron chi connectivity index (χ2n) is 7.44. The van der Waals surface area contributed by atoms with Crippen molar-refractivity contribution >= 4 is 11.3 Å². The Morgan fingerprint density at radius 2 is 2.33 bits per heavy atom. The number of thiophene rings is 1. The van der Waals surface area contributed by atoms with E-state index in [0.717, 1.165) is 32.2 Å². The summed E-state index contributed by atoms with van der Waals surface area (Å²) in [6, 6.07) is 3.04. The lowest BCUT2D eigenvalue weighted by atomic mass is 9.84. The maximum absolute atomic E-state index is 11.0. The summed E-state index contributed by atoms with van der Waals surface area (Å²) in [5, 5.41) is 13.1. The van der Waals surface area contributed by atoms with Gasteiger partial charge in [-0.15, -0.1) is 11.3 Å². The van der Waals surface area contributed by atoms with Crippen LogP contribution in [-0.2, 0) is 0 Å². The summed E-state index contributed by atoms with van der Waals surface area (Å²) in [6.07, 6.45) is 8.96. The van der Waals surface area contributed by atoms with Gasteiger partial charge in [0.25, 0.3) is 0 Å². The number of piperidine rings is 1. The summed E-state index contributed by atoms with van der Waals surface area (Å²) in [5.74, 6) is 0.410. The van der Waals surface area contributed by atoms with E-state index in [-0.39, 0.29) is 12.1 Å². The predicted octanol–water partition coefficient (Wildman–Crippen LogP) is 3.65. The van der Waals surface area contributed by atoms with Crippen molar-refractivity contribution < 1.29 is 5.11 Å². The summed E-state index contributed by atoms with van der Waals surface area (Å²) >= 11 is 1.81. The Morgan fingerprint density at radius 1 is 1.42 bits per heavy atom. The third kappa shape index (κ3) is 2.11. The molecule has 24 heavy (non-hydrogen) atoms. The van der Waals surface area contributed by atoms with Gasteiger partial charge in [0.05, 0.1) is 30.4 Å². The average molecular weight is 341 g/mol. The molecular weight excluding hydrogens is 318 g/mol. The van der Waals surface area contributed by atoms with Crippen LogP contribution in [0.4, 0.5) is 0 Å². The van der Waals surface area contributed by atoms with Gasteiger partial charge in [0.15, 0.2) is 0 Å². The van der Waals surface area contributed by atoms with E-state index < -0.39 is 0 Å². The summed E-state index contributed by atoms with van der Waals surface area (Å²) in [6.45, 7) is 5.25. The van der Waals surface area contributed by atoms with Crippen LogP contribution in [0.15, 0.2) is 36.2 Å². The number of aromatic nitrogens is 2. The zero-order valence-corrected chi connectivity index (χ0v) is 14.6. The molecule has 4 atom stereocenters. The molecule has 2 aromatic rings. The molecule has 0 aromatic carbocycles. The highest BCUT2D eigenvalue weighted by molar-refractivity contribution is 7.10. The molecule has 0 radical (unpaired) electrons. The van der Waals surface area contributed by atoms with Crippen molar-refractivity contribution in [3.05, 3.63) is 41.1 Å². The molecule has 0 unspecified atom stereocenters. The molecule has 2 fully saturated rings. The van der Waals surface area contributed by atoms with Gasteiger partial charge in [0, 0.05) is 28.7 Å². The van der Waals surface area contributed by atoms with Gasteiger partial charge in [-0.25, -0.2) is 4.98 Å². The van der Waals surface area contributed by atoms with Gasteiger partial charge in [-0.2, -0.15) is 0 Å². The van der Waals surface area contributed by atoms with Gasteiger partial charge in [-0.1, -0.05) is 6.58 Å². The molecule has 5 rings (SSSR count). The van der Waals surface area contributed by atoms with Crippen molar-refractivity contribution in [1.82, 2.24) is 14.5 Å². The van der Waals surface area contributed by atoms with Crippen molar-refractivity contribution in [3.63, 3.8) is 0 Å². The maximum Gasteiger partial charge on any atom is 0.0957 e. The lowest BCUT2D eigenvalue weighted by Crippen LogP contribution is -2.41. The quantitative estimate of drug-likeness (QED) is 0.926. The molecule has 0 saturated carbocycles. The number of rotatable bonds is 3. The first-order chi connectivity index (χ1) is 11.7. The van der Waals surface area contributed by atoms with E-state index >= 15 is 0 Å². The van der Waals surface area contributed by atoms with Gasteiger partial charge < -0.3 is 14.6 Å². The standard InChI is InChI=1S/C19H23N3OS/c1-12-2-3-14-8-13(4-6-21(12)14)18(23)9-16-19-15(5-7-24-19)17-10-20-11-22(16)17/h5,7,10-11,13-14,16,18,23H,1-4,6,8-9H2/t13-,14+,16-,18+/m0/s1. The van der Waals surface area contributed by atoms with Crippen LogP contribution in [-0.4, -0.2) is 38.2 Å². The van der Waals surface area contributed by atoms with Crippen LogP contribution in [0.5, 0.6) is 0 Å². The number of nitrogens with zero attached hydrogens (tertiary/aromatic N) is 3. The van der Waals surface area contributed by atoms with E-state index in [1.165, 1.54) is 28.3 Å². The topological polar surface area (TPSA) is 41.3 Å². The van der Waals surface area contributed by atoms with Gasteiger partial charge in [-0.05, 0) is 49.5 Å². The van der Waals surface area contributed by atoms with Crippen molar-refractivity contribution in [2.45, 2.75) is 50.3 Å². The normalized spacial score (nSPS) is 29.5. The van der Waals surface area contributed by atoms with Crippen molar-refractivity contribution in [3.8, 4) is 11.3 Å². The fourth-order valence-electron chi connectivity index (χ4n) is 4.92. The fraction of sp³-hybridized carbons (Fsp3) is 0.526. The first-order valence-electron chi connectivity index (χ1n) is 8.94. The van der Waals surface area contributed by atoms with Crippen LogP contribution in [0.1, 0.15) is 43.0 Å². The molecule has 5 heteroatoms. The minimum Gasteiger partial charge on any atom is -0.393 e. The average Bonchev–Trinajstić information content (AvgIpc) is 3.33. The maximum atomic E-state index is 11.0. The van der Waals surface area contributed by atoms with Crippen LogP contribution >= 0.6 is 11.3 Å². The van der Waals surface area contributed by atoms with E-state index in [1.54, 1.807) is 11.3 Å². The highest BCUT2D eigenvalue weighted by atomic mass is 32.1. The molecule has 3 aliphatic rings. The van der Waals surface area contributed by atoms with Gasteiger partial charge in [0.2, 0.25) is 0 Å². The molecule has 0 amide bonds. The molecule has 126 valence electrons.